The average Bonchev–Trinajstić information content (AvgIpc) is 1.12. The van der Waals surface area contributed by atoms with Gasteiger partial charge in [0.25, 0.3) is 0 Å². The Morgan fingerprint density at radius 1 is 0.529 bits per heavy atom. The second-order valence-corrected chi connectivity index (χ2v) is 2.45. The van der Waals surface area contributed by atoms with Gasteiger partial charge in [-0.2, -0.15) is 0 Å². The Morgan fingerprint density at radius 3 is 0.529 bits per heavy atom. The predicted octanol–water partition coefficient (Wildman–Crippen LogP) is -12.0. The van der Waals surface area contributed by atoms with Crippen molar-refractivity contribution in [2.75, 3.05) is 0 Å². The van der Waals surface area contributed by atoms with Crippen molar-refractivity contribution in [1.29, 1.82) is 0 Å². The summed E-state index contributed by atoms with van der Waals surface area (Å²) in [6.07, 6.45) is 0. The van der Waals surface area contributed by atoms with E-state index in [0.717, 1.165) is 0 Å². The van der Waals surface area contributed by atoms with Gasteiger partial charge in [-0.15, -0.1) is 0 Å². The molecule has 0 saturated carbocycles. The van der Waals surface area contributed by atoms with Gasteiger partial charge in [0.1, 0.15) is 0 Å². The third-order valence-electron chi connectivity index (χ3n) is 0. The zero-order valence-corrected chi connectivity index (χ0v) is 15.0. The van der Waals surface area contributed by atoms with Crippen LogP contribution in [0.5, 0.6) is 0 Å². The summed E-state index contributed by atoms with van der Waals surface area (Å²) in [5.41, 5.74) is 0. The molecule has 0 aromatic rings. The Balaban J connectivity index is -0.00000000762. The van der Waals surface area contributed by atoms with E-state index >= 15 is 0 Å². The zero-order valence-electron chi connectivity index (χ0n) is 8.40. The molecule has 0 rings (SSSR count). The molecule has 12 nitrogen and oxygen atoms in total. The molecule has 0 aromatic carbocycles. The van der Waals surface area contributed by atoms with Gasteiger partial charge in [0, 0.05) is 20.8 Å². The van der Waals surface area contributed by atoms with Crippen LogP contribution in [0.3, 0.4) is 0 Å². The maximum Gasteiger partial charge on any atom is 2.00 e. The Kier molecular flexibility index (Phi) is 96.1. The summed E-state index contributed by atoms with van der Waals surface area (Å²) in [7, 11) is -10.3. The van der Waals surface area contributed by atoms with E-state index in [9.17, 15) is 0 Å². The van der Waals surface area contributed by atoms with Crippen LogP contribution in [-0.4, -0.2) is 57.0 Å². The van der Waals surface area contributed by atoms with Crippen molar-refractivity contribution >= 4 is 20.8 Å². The largest absolute Gasteiger partial charge is 2.00 e. The number of rotatable bonds is 0. The first-order valence-electron chi connectivity index (χ1n) is 1.33. The van der Waals surface area contributed by atoms with E-state index in [1.165, 1.54) is 0 Å². The summed E-state index contributed by atoms with van der Waals surface area (Å²) < 4.78 is 68.2. The van der Waals surface area contributed by atoms with E-state index in [1.807, 2.05) is 0 Å². The second kappa shape index (κ2) is 26.6. The Hall–Kier alpha value is 2.07. The van der Waals surface area contributed by atoms with E-state index in [-0.39, 0.29) is 97.5 Å². The normalized spacial score (nSPS) is 6.82. The van der Waals surface area contributed by atoms with Gasteiger partial charge in [-0.3, -0.25) is 16.8 Å². The maximum absolute atomic E-state index is 8.52. The molecule has 0 amide bonds. The third kappa shape index (κ3) is 1090. The molecule has 0 bridgehead atoms. The van der Waals surface area contributed by atoms with E-state index in [4.69, 9.17) is 35.0 Å². The monoisotopic (exact) mass is 368 g/mol. The molecule has 0 unspecified atom stereocenters. The fourth-order valence-electron chi connectivity index (χ4n) is 0. The van der Waals surface area contributed by atoms with Gasteiger partial charge < -0.3 is 40.1 Å². The fourth-order valence-corrected chi connectivity index (χ4v) is 0. The first-order valence-corrected chi connectivity index (χ1v) is 4.00. The Morgan fingerprint density at radius 2 is 0.529 bits per heavy atom. The Labute approximate surface area is 151 Å². The molecule has 0 saturated heterocycles. The number of hydrogen-bond acceptors (Lipinski definition) is 8. The summed E-state index contributed by atoms with van der Waals surface area (Å²) in [6.45, 7) is 0. The van der Waals surface area contributed by atoms with Crippen LogP contribution in [0.4, 0.5) is 0 Å². The first kappa shape index (κ1) is 61.4. The molecule has 0 aliphatic carbocycles. The molecule has 0 atom stereocenters. The molecular weight excluding hydrogens is 361 g/mol. The summed E-state index contributed by atoms with van der Waals surface area (Å²) in [6, 6.07) is 0. The van der Waals surface area contributed by atoms with Gasteiger partial charge in [0.2, 0.25) is 0 Å². The minimum absolute atomic E-state index is 0. The van der Waals surface area contributed by atoms with Crippen molar-refractivity contribution in [1.82, 2.24) is 0 Å². The standard InChI is InChI=1S/2Na.Ni.2H2O4S.4H2O/c;;;2*1-5(2,3)4;;;;/h;;;2*(H2,1,2,3,4);4*1H2/q2*+1;+2;;;;;;/p-4. The van der Waals surface area contributed by atoms with E-state index in [2.05, 4.69) is 0 Å². The third-order valence-corrected chi connectivity index (χ3v) is 0. The first-order chi connectivity index (χ1) is 4.00. The molecule has 17 heavy (non-hydrogen) atoms. The summed E-state index contributed by atoms with van der Waals surface area (Å²) in [4.78, 5) is 0. The molecule has 0 radical (unpaired) electrons. The SMILES string of the molecule is O.O.O.O.O=S(=O)([O-])[O-].O=S(=O)([O-])[O-].[Na+].[Na+].[Ni+2]. The van der Waals surface area contributed by atoms with E-state index in [0.29, 0.717) is 0 Å². The van der Waals surface area contributed by atoms with Crippen LogP contribution in [0.25, 0.3) is 0 Å². The van der Waals surface area contributed by atoms with Gasteiger partial charge >= 0.3 is 75.6 Å². The van der Waals surface area contributed by atoms with Gasteiger partial charge in [-0.25, -0.2) is 0 Å². The molecule has 8 N–H and O–H groups in total. The molecule has 104 valence electrons. The van der Waals surface area contributed by atoms with Crippen LogP contribution in [-0.2, 0) is 37.3 Å². The van der Waals surface area contributed by atoms with E-state index in [1.54, 1.807) is 0 Å². The van der Waals surface area contributed by atoms with Crippen LogP contribution in [0.15, 0.2) is 0 Å². The summed E-state index contributed by atoms with van der Waals surface area (Å²) >= 11 is 0. The van der Waals surface area contributed by atoms with Gasteiger partial charge in [-0.1, -0.05) is 0 Å². The van der Waals surface area contributed by atoms with Crippen LogP contribution in [0.2, 0.25) is 0 Å². The van der Waals surface area contributed by atoms with Crippen molar-refractivity contribution in [2.24, 2.45) is 0 Å². The molecule has 0 heterocycles. The fraction of sp³-hybridized carbons (Fsp3) is 0. The molecule has 0 aliphatic heterocycles. The number of hydrogen-bond donors (Lipinski definition) is 0. The molecular formula is H8Na2NiO12S2. The quantitative estimate of drug-likeness (QED) is 0.224. The predicted molar refractivity (Wildman–Crippen MR) is 35.4 cm³/mol. The topological polar surface area (TPSA) is 287 Å². The molecule has 0 fully saturated rings. The zero-order chi connectivity index (χ0) is 9.00. The van der Waals surface area contributed by atoms with Crippen LogP contribution in [0.1, 0.15) is 0 Å². The Bertz CT molecular complexity index is 219. The molecule has 0 spiro atoms. The van der Waals surface area contributed by atoms with E-state index < -0.39 is 20.8 Å². The van der Waals surface area contributed by atoms with Crippen molar-refractivity contribution in [2.45, 2.75) is 0 Å². The van der Waals surface area contributed by atoms with Crippen molar-refractivity contribution in [3.63, 3.8) is 0 Å². The second-order valence-electron chi connectivity index (χ2n) is 0.816. The molecule has 0 aliphatic rings. The van der Waals surface area contributed by atoms with Crippen molar-refractivity contribution in [3.05, 3.63) is 0 Å². The van der Waals surface area contributed by atoms with Crippen LogP contribution < -0.4 is 59.1 Å². The van der Waals surface area contributed by atoms with Gasteiger partial charge in [0.15, 0.2) is 0 Å². The molecule has 0 aromatic heterocycles. The smallest absolute Gasteiger partial charge is 0.759 e. The summed E-state index contributed by atoms with van der Waals surface area (Å²) in [5, 5.41) is 0. The van der Waals surface area contributed by atoms with Gasteiger partial charge in [0.05, 0.1) is 0 Å². The van der Waals surface area contributed by atoms with Gasteiger partial charge in [-0.05, 0) is 0 Å². The minimum Gasteiger partial charge on any atom is -0.759 e. The van der Waals surface area contributed by atoms with Crippen molar-refractivity contribution in [3.8, 4) is 0 Å². The van der Waals surface area contributed by atoms with Crippen LogP contribution in [0, 0.1) is 0 Å². The van der Waals surface area contributed by atoms with Crippen molar-refractivity contribution < 1.29 is 133 Å². The summed E-state index contributed by atoms with van der Waals surface area (Å²) in [5.74, 6) is 0. The maximum atomic E-state index is 8.52. The minimum atomic E-state index is -5.17. The average molecular weight is 369 g/mol. The molecule has 17 heteroatoms. The van der Waals surface area contributed by atoms with Crippen LogP contribution >= 0.6 is 0 Å².